The number of amides is 1. The molecule has 2 aliphatic rings. The monoisotopic (exact) mass is 399 g/mol. The molecule has 0 bridgehead atoms. The number of cyclic esters (lactones) is 1. The van der Waals surface area contributed by atoms with Crippen molar-refractivity contribution in [2.45, 2.75) is 12.3 Å². The zero-order chi connectivity index (χ0) is 19.8. The van der Waals surface area contributed by atoms with Crippen molar-refractivity contribution in [3.8, 4) is 11.5 Å². The van der Waals surface area contributed by atoms with Crippen LogP contribution in [0.1, 0.15) is 17.9 Å². The molecule has 0 fully saturated rings. The Morgan fingerprint density at radius 3 is 2.64 bits per heavy atom. The van der Waals surface area contributed by atoms with Crippen LogP contribution in [0, 0.1) is 0 Å². The van der Waals surface area contributed by atoms with Crippen LogP contribution in [0.2, 0.25) is 5.02 Å². The first-order valence-corrected chi connectivity index (χ1v) is 9.12. The fourth-order valence-corrected chi connectivity index (χ4v) is 3.93. The lowest BCUT2D eigenvalue weighted by Crippen LogP contribution is -2.37. The van der Waals surface area contributed by atoms with E-state index >= 15 is 0 Å². The Bertz CT molecular complexity index is 1000. The first kappa shape index (κ1) is 18.4. The highest BCUT2D eigenvalue weighted by Gasteiger charge is 2.43. The summed E-state index contributed by atoms with van der Waals surface area (Å²) in [5.74, 6) is 0.159. The molecule has 2 aliphatic heterocycles. The van der Waals surface area contributed by atoms with Gasteiger partial charge in [0.05, 0.1) is 31.2 Å². The Morgan fingerprint density at radius 2 is 1.93 bits per heavy atom. The Hall–Kier alpha value is -2.99. The summed E-state index contributed by atoms with van der Waals surface area (Å²) in [6, 6.07) is 12.3. The highest BCUT2D eigenvalue weighted by atomic mass is 35.5. The van der Waals surface area contributed by atoms with Crippen LogP contribution in [0.15, 0.2) is 53.7 Å². The molecular formula is C21H18ClNO5. The van der Waals surface area contributed by atoms with Gasteiger partial charge in [-0.2, -0.15) is 0 Å². The molecule has 2 heterocycles. The van der Waals surface area contributed by atoms with Gasteiger partial charge in [-0.05, 0) is 36.4 Å². The Labute approximate surface area is 167 Å². The fraction of sp³-hybridized carbons (Fsp3) is 0.238. The third-order valence-corrected chi connectivity index (χ3v) is 5.23. The van der Waals surface area contributed by atoms with Crippen LogP contribution in [0.3, 0.4) is 0 Å². The second kappa shape index (κ2) is 7.20. The smallest absolute Gasteiger partial charge is 0.336 e. The summed E-state index contributed by atoms with van der Waals surface area (Å²) in [6.45, 7) is 0.0369. The Balaban J connectivity index is 1.86. The minimum Gasteiger partial charge on any atom is -0.497 e. The number of methoxy groups -OCH3 is 2. The number of benzene rings is 2. The van der Waals surface area contributed by atoms with Crippen molar-refractivity contribution in [1.82, 2.24) is 0 Å². The van der Waals surface area contributed by atoms with E-state index in [0.717, 1.165) is 0 Å². The number of halogens is 1. The summed E-state index contributed by atoms with van der Waals surface area (Å²) in [7, 11) is 3.11. The second-order valence-electron chi connectivity index (χ2n) is 6.51. The average Bonchev–Trinajstić information content (AvgIpc) is 3.08. The van der Waals surface area contributed by atoms with E-state index in [1.807, 2.05) is 0 Å². The minimum atomic E-state index is -0.474. The normalized spacial score (nSPS) is 18.8. The molecule has 1 unspecified atom stereocenters. The molecule has 1 atom stereocenters. The molecule has 2 aromatic carbocycles. The predicted octanol–water partition coefficient (Wildman–Crippen LogP) is 3.69. The van der Waals surface area contributed by atoms with Gasteiger partial charge in [0.1, 0.15) is 18.1 Å². The van der Waals surface area contributed by atoms with Gasteiger partial charge in [0.25, 0.3) is 0 Å². The quantitative estimate of drug-likeness (QED) is 0.733. The average molecular weight is 400 g/mol. The zero-order valence-corrected chi connectivity index (χ0v) is 16.2. The molecular weight excluding hydrogens is 382 g/mol. The molecule has 7 heteroatoms. The maximum atomic E-state index is 13.1. The topological polar surface area (TPSA) is 65.1 Å². The first-order valence-electron chi connectivity index (χ1n) is 8.74. The van der Waals surface area contributed by atoms with Crippen molar-refractivity contribution in [3.63, 3.8) is 0 Å². The van der Waals surface area contributed by atoms with Crippen LogP contribution in [0.4, 0.5) is 5.69 Å². The molecule has 2 aromatic rings. The van der Waals surface area contributed by atoms with Crippen molar-refractivity contribution in [3.05, 3.63) is 64.3 Å². The second-order valence-corrected chi connectivity index (χ2v) is 6.95. The highest BCUT2D eigenvalue weighted by Crippen LogP contribution is 2.45. The van der Waals surface area contributed by atoms with E-state index in [1.165, 1.54) is 4.90 Å². The Morgan fingerprint density at radius 1 is 1.11 bits per heavy atom. The summed E-state index contributed by atoms with van der Waals surface area (Å²) >= 11 is 6.10. The van der Waals surface area contributed by atoms with Gasteiger partial charge < -0.3 is 14.2 Å². The van der Waals surface area contributed by atoms with Gasteiger partial charge in [-0.3, -0.25) is 9.69 Å². The van der Waals surface area contributed by atoms with Gasteiger partial charge in [-0.15, -0.1) is 0 Å². The largest absolute Gasteiger partial charge is 0.497 e. The zero-order valence-electron chi connectivity index (χ0n) is 15.4. The van der Waals surface area contributed by atoms with Crippen LogP contribution in [0.5, 0.6) is 11.5 Å². The van der Waals surface area contributed by atoms with Crippen molar-refractivity contribution < 1.29 is 23.8 Å². The van der Waals surface area contributed by atoms with Crippen molar-refractivity contribution >= 4 is 29.2 Å². The molecule has 0 saturated heterocycles. The van der Waals surface area contributed by atoms with Crippen LogP contribution >= 0.6 is 11.6 Å². The maximum absolute atomic E-state index is 13.1. The summed E-state index contributed by atoms with van der Waals surface area (Å²) in [4.78, 5) is 27.2. The number of nitrogens with zero attached hydrogens (tertiary/aromatic N) is 1. The van der Waals surface area contributed by atoms with E-state index in [0.29, 0.717) is 39.0 Å². The van der Waals surface area contributed by atoms with Crippen molar-refractivity contribution in [2.24, 2.45) is 0 Å². The lowest BCUT2D eigenvalue weighted by atomic mass is 9.83. The number of carbonyl (C=O) groups excluding carboxylic acids is 2. The molecule has 0 spiro atoms. The summed E-state index contributed by atoms with van der Waals surface area (Å²) in [5, 5.41) is 0.509. The maximum Gasteiger partial charge on any atom is 0.336 e. The van der Waals surface area contributed by atoms with Gasteiger partial charge in [0, 0.05) is 22.9 Å². The highest BCUT2D eigenvalue weighted by molar-refractivity contribution is 6.31. The van der Waals surface area contributed by atoms with Crippen molar-refractivity contribution in [1.29, 1.82) is 0 Å². The molecule has 6 nitrogen and oxygen atoms in total. The molecule has 144 valence electrons. The van der Waals surface area contributed by atoms with Gasteiger partial charge in [0.15, 0.2) is 0 Å². The number of carbonyl (C=O) groups is 2. The minimum absolute atomic E-state index is 0.0369. The van der Waals surface area contributed by atoms with Crippen LogP contribution in [0.25, 0.3) is 0 Å². The fourth-order valence-electron chi connectivity index (χ4n) is 3.75. The van der Waals surface area contributed by atoms with E-state index in [-0.39, 0.29) is 18.9 Å². The molecule has 4 rings (SSSR count). The number of hydrogen-bond donors (Lipinski definition) is 0. The van der Waals surface area contributed by atoms with E-state index in [2.05, 4.69) is 0 Å². The molecule has 0 saturated carbocycles. The summed E-state index contributed by atoms with van der Waals surface area (Å²) in [6.07, 6.45) is 0.101. The standard InChI is InChI=1S/C21H18ClNO5/c1-26-14-6-7-18(27-2)15(9-14)16-10-19(24)23(13-5-3-4-12(22)8-13)17-11-28-21(25)20(16)17/h3-9,16H,10-11H2,1-2H3. The van der Waals surface area contributed by atoms with Crippen molar-refractivity contribution in [2.75, 3.05) is 25.7 Å². The van der Waals surface area contributed by atoms with Gasteiger partial charge in [-0.25, -0.2) is 4.79 Å². The SMILES string of the molecule is COc1ccc(OC)c(C2CC(=O)N(c3cccc(Cl)c3)C3=C2C(=O)OC3)c1. The van der Waals surface area contributed by atoms with Crippen LogP contribution in [-0.2, 0) is 14.3 Å². The summed E-state index contributed by atoms with van der Waals surface area (Å²) in [5.41, 5.74) is 2.33. The first-order chi connectivity index (χ1) is 13.5. The number of hydrogen-bond acceptors (Lipinski definition) is 5. The van der Waals surface area contributed by atoms with Gasteiger partial charge >= 0.3 is 5.97 Å². The number of anilines is 1. The van der Waals surface area contributed by atoms with E-state index in [4.69, 9.17) is 25.8 Å². The lowest BCUT2D eigenvalue weighted by Gasteiger charge is -2.32. The third kappa shape index (κ3) is 2.99. The summed E-state index contributed by atoms with van der Waals surface area (Å²) < 4.78 is 16.1. The van der Waals surface area contributed by atoms with E-state index in [9.17, 15) is 9.59 Å². The van der Waals surface area contributed by atoms with Crippen LogP contribution < -0.4 is 14.4 Å². The molecule has 0 aromatic heterocycles. The molecule has 1 amide bonds. The van der Waals surface area contributed by atoms with E-state index < -0.39 is 11.9 Å². The molecule has 0 N–H and O–H groups in total. The number of rotatable bonds is 4. The van der Waals surface area contributed by atoms with Gasteiger partial charge in [-0.1, -0.05) is 17.7 Å². The Kier molecular flexibility index (Phi) is 4.73. The van der Waals surface area contributed by atoms with Crippen LogP contribution in [-0.4, -0.2) is 32.7 Å². The molecule has 28 heavy (non-hydrogen) atoms. The predicted molar refractivity (Wildman–Crippen MR) is 104 cm³/mol. The van der Waals surface area contributed by atoms with E-state index in [1.54, 1.807) is 56.7 Å². The number of ether oxygens (including phenoxy) is 3. The third-order valence-electron chi connectivity index (χ3n) is 5.00. The lowest BCUT2D eigenvalue weighted by molar-refractivity contribution is -0.136. The molecule has 0 radical (unpaired) electrons. The molecule has 0 aliphatic carbocycles. The number of esters is 1. The van der Waals surface area contributed by atoms with Gasteiger partial charge in [0.2, 0.25) is 5.91 Å².